The predicted octanol–water partition coefficient (Wildman–Crippen LogP) is 4.42. The summed E-state index contributed by atoms with van der Waals surface area (Å²) in [7, 11) is -3.51. The Kier molecular flexibility index (Phi) is 5.87. The zero-order valence-corrected chi connectivity index (χ0v) is 16.2. The molecule has 26 heavy (non-hydrogen) atoms. The second kappa shape index (κ2) is 7.96. The van der Waals surface area contributed by atoms with Crippen LogP contribution < -0.4 is 5.32 Å². The molecule has 8 heteroatoms. The van der Waals surface area contributed by atoms with Gasteiger partial charge in [-0.1, -0.05) is 29.6 Å². The lowest BCUT2D eigenvalue weighted by molar-refractivity contribution is 0.102. The van der Waals surface area contributed by atoms with E-state index < -0.39 is 10.0 Å². The Bertz CT molecular complexity index is 888. The number of benzene rings is 2. The number of hydrogen-bond donors (Lipinski definition) is 1. The molecule has 2 aromatic rings. The number of anilines is 1. The third kappa shape index (κ3) is 4.38. The van der Waals surface area contributed by atoms with Crippen LogP contribution in [0.15, 0.2) is 47.4 Å². The Morgan fingerprint density at radius 1 is 0.923 bits per heavy atom. The predicted molar refractivity (Wildman–Crippen MR) is 103 cm³/mol. The van der Waals surface area contributed by atoms with Crippen LogP contribution in [0.5, 0.6) is 0 Å². The molecule has 1 heterocycles. The normalized spacial score (nSPS) is 15.6. The van der Waals surface area contributed by atoms with Gasteiger partial charge in [-0.2, -0.15) is 4.31 Å². The van der Waals surface area contributed by atoms with E-state index in [9.17, 15) is 13.2 Å². The van der Waals surface area contributed by atoms with E-state index in [1.165, 1.54) is 28.6 Å². The van der Waals surface area contributed by atoms with Gasteiger partial charge < -0.3 is 5.32 Å². The number of rotatable bonds is 4. The highest BCUT2D eigenvalue weighted by Crippen LogP contribution is 2.24. The number of nitrogens with one attached hydrogen (secondary N) is 1. The Hall–Kier alpha value is -1.60. The maximum absolute atomic E-state index is 12.6. The molecule has 0 radical (unpaired) electrons. The monoisotopic (exact) mass is 412 g/mol. The molecule has 0 spiro atoms. The summed E-state index contributed by atoms with van der Waals surface area (Å²) in [6.07, 6.45) is 2.81. The summed E-state index contributed by atoms with van der Waals surface area (Å²) >= 11 is 11.8. The van der Waals surface area contributed by atoms with Crippen molar-refractivity contribution in [2.75, 3.05) is 18.4 Å². The Labute approximate surface area is 163 Å². The van der Waals surface area contributed by atoms with Crippen molar-refractivity contribution in [2.24, 2.45) is 0 Å². The molecule has 1 amide bonds. The number of carbonyl (C=O) groups excluding carboxylic acids is 1. The largest absolute Gasteiger partial charge is 0.322 e. The van der Waals surface area contributed by atoms with E-state index in [-0.39, 0.29) is 10.8 Å². The van der Waals surface area contributed by atoms with Crippen LogP contribution >= 0.6 is 23.2 Å². The first-order chi connectivity index (χ1) is 12.4. The highest BCUT2D eigenvalue weighted by molar-refractivity contribution is 7.89. The molecule has 138 valence electrons. The van der Waals surface area contributed by atoms with Gasteiger partial charge in [0.05, 0.1) is 4.90 Å². The van der Waals surface area contributed by atoms with Gasteiger partial charge in [0.2, 0.25) is 10.0 Å². The van der Waals surface area contributed by atoms with Gasteiger partial charge in [-0.25, -0.2) is 8.42 Å². The van der Waals surface area contributed by atoms with Gasteiger partial charge in [-0.05, 0) is 55.3 Å². The van der Waals surface area contributed by atoms with Gasteiger partial charge in [0.1, 0.15) is 0 Å². The number of hydrogen-bond acceptors (Lipinski definition) is 3. The van der Waals surface area contributed by atoms with Crippen molar-refractivity contribution < 1.29 is 13.2 Å². The van der Waals surface area contributed by atoms with Gasteiger partial charge in [0.25, 0.3) is 5.91 Å². The zero-order chi connectivity index (χ0) is 18.7. The van der Waals surface area contributed by atoms with Crippen molar-refractivity contribution in [3.8, 4) is 0 Å². The van der Waals surface area contributed by atoms with E-state index in [0.717, 1.165) is 19.3 Å². The van der Waals surface area contributed by atoms with Crippen LogP contribution in [0.1, 0.15) is 29.6 Å². The van der Waals surface area contributed by atoms with Crippen LogP contribution in [0, 0.1) is 0 Å². The molecule has 0 aliphatic carbocycles. The number of nitrogens with zero attached hydrogens (tertiary/aromatic N) is 1. The second-order valence-electron chi connectivity index (χ2n) is 6.10. The third-order valence-corrected chi connectivity index (χ3v) is 6.54. The molecule has 1 fully saturated rings. The lowest BCUT2D eigenvalue weighted by atomic mass is 10.2. The molecule has 2 aromatic carbocycles. The quantitative estimate of drug-likeness (QED) is 0.807. The molecule has 1 aliphatic heterocycles. The van der Waals surface area contributed by atoms with Crippen LogP contribution in [-0.2, 0) is 10.0 Å². The number of sulfonamides is 1. The van der Waals surface area contributed by atoms with Crippen LogP contribution in [-0.4, -0.2) is 31.7 Å². The van der Waals surface area contributed by atoms with Crippen LogP contribution in [0.25, 0.3) is 0 Å². The van der Waals surface area contributed by atoms with Gasteiger partial charge in [0, 0.05) is 34.4 Å². The minimum absolute atomic E-state index is 0.196. The molecule has 0 bridgehead atoms. The van der Waals surface area contributed by atoms with Crippen molar-refractivity contribution in [3.05, 3.63) is 58.1 Å². The van der Waals surface area contributed by atoms with Crippen molar-refractivity contribution in [3.63, 3.8) is 0 Å². The molecule has 0 atom stereocenters. The van der Waals surface area contributed by atoms with E-state index in [2.05, 4.69) is 5.32 Å². The van der Waals surface area contributed by atoms with Crippen molar-refractivity contribution in [2.45, 2.75) is 24.2 Å². The highest BCUT2D eigenvalue weighted by atomic mass is 35.5. The van der Waals surface area contributed by atoms with Crippen LogP contribution in [0.4, 0.5) is 5.69 Å². The summed E-state index contributed by atoms with van der Waals surface area (Å²) in [5.41, 5.74) is 0.816. The molecule has 3 rings (SSSR count). The zero-order valence-electron chi connectivity index (χ0n) is 13.9. The summed E-state index contributed by atoms with van der Waals surface area (Å²) in [5, 5.41) is 3.52. The van der Waals surface area contributed by atoms with Crippen molar-refractivity contribution >= 4 is 44.8 Å². The third-order valence-electron chi connectivity index (χ3n) is 4.19. The summed E-state index contributed by atoms with van der Waals surface area (Å²) in [4.78, 5) is 12.5. The molecule has 0 aromatic heterocycles. The maximum Gasteiger partial charge on any atom is 0.255 e. The minimum atomic E-state index is -3.51. The van der Waals surface area contributed by atoms with Crippen molar-refractivity contribution in [1.82, 2.24) is 4.31 Å². The molecule has 0 unspecified atom stereocenters. The smallest absolute Gasteiger partial charge is 0.255 e. The number of halogens is 2. The molecule has 1 N–H and O–H groups in total. The van der Waals surface area contributed by atoms with Gasteiger partial charge in [-0.15, -0.1) is 0 Å². The summed E-state index contributed by atoms with van der Waals surface area (Å²) < 4.78 is 26.8. The lowest BCUT2D eigenvalue weighted by Gasteiger charge is -2.25. The van der Waals surface area contributed by atoms with Crippen molar-refractivity contribution in [1.29, 1.82) is 0 Å². The number of piperidine rings is 1. The second-order valence-corrected chi connectivity index (χ2v) is 8.91. The first-order valence-electron chi connectivity index (χ1n) is 8.24. The standard InChI is InChI=1S/C18H18Cl2N2O3S/c19-14-10-15(20)12-16(11-14)21-18(23)13-4-6-17(7-5-13)26(24,25)22-8-2-1-3-9-22/h4-7,10-12H,1-3,8-9H2,(H,21,23). The van der Waals surface area contributed by atoms with Crippen LogP contribution in [0.3, 0.4) is 0 Å². The Morgan fingerprint density at radius 3 is 2.08 bits per heavy atom. The van der Waals surface area contributed by atoms with Gasteiger partial charge in [0.15, 0.2) is 0 Å². The SMILES string of the molecule is O=C(Nc1cc(Cl)cc(Cl)c1)c1ccc(S(=O)(=O)N2CCCCC2)cc1. The Balaban J connectivity index is 1.75. The Morgan fingerprint density at radius 2 is 1.50 bits per heavy atom. The van der Waals surface area contributed by atoms with E-state index in [1.807, 2.05) is 0 Å². The maximum atomic E-state index is 12.6. The molecule has 1 aliphatic rings. The average molecular weight is 413 g/mol. The lowest BCUT2D eigenvalue weighted by Crippen LogP contribution is -2.35. The number of amides is 1. The fraction of sp³-hybridized carbons (Fsp3) is 0.278. The summed E-state index contributed by atoms with van der Waals surface area (Å²) in [6, 6.07) is 10.7. The molecule has 1 saturated heterocycles. The topological polar surface area (TPSA) is 66.5 Å². The molecular formula is C18H18Cl2N2O3S. The highest BCUT2D eigenvalue weighted by Gasteiger charge is 2.25. The summed E-state index contributed by atoms with van der Waals surface area (Å²) in [6.45, 7) is 1.08. The van der Waals surface area contributed by atoms with E-state index >= 15 is 0 Å². The molecular weight excluding hydrogens is 395 g/mol. The molecule has 0 saturated carbocycles. The fourth-order valence-corrected chi connectivity index (χ4v) is 4.90. The first kappa shape index (κ1) is 19.2. The fourth-order valence-electron chi connectivity index (χ4n) is 2.86. The average Bonchev–Trinajstić information content (AvgIpc) is 2.61. The van der Waals surface area contributed by atoms with Gasteiger partial charge in [-0.3, -0.25) is 4.79 Å². The summed E-state index contributed by atoms with van der Waals surface area (Å²) in [5.74, 6) is -0.370. The molecule has 5 nitrogen and oxygen atoms in total. The van der Waals surface area contributed by atoms with Crippen LogP contribution in [0.2, 0.25) is 10.0 Å². The van der Waals surface area contributed by atoms with E-state index in [0.29, 0.717) is 34.4 Å². The van der Waals surface area contributed by atoms with E-state index in [4.69, 9.17) is 23.2 Å². The first-order valence-corrected chi connectivity index (χ1v) is 10.4. The minimum Gasteiger partial charge on any atom is -0.322 e. The van der Waals surface area contributed by atoms with Gasteiger partial charge >= 0.3 is 0 Å². The number of carbonyl (C=O) groups is 1. The van der Waals surface area contributed by atoms with E-state index in [1.54, 1.807) is 18.2 Å².